The monoisotopic (exact) mass is 311 g/mol. The Kier molecular flexibility index (Phi) is 8.00. The molecule has 0 spiro atoms. The molecule has 0 aliphatic heterocycles. The second kappa shape index (κ2) is 9.22. The Morgan fingerprint density at radius 1 is 1.14 bits per heavy atom. The van der Waals surface area contributed by atoms with Crippen LogP contribution < -0.4 is 5.32 Å². The van der Waals surface area contributed by atoms with Crippen molar-refractivity contribution in [1.29, 1.82) is 0 Å². The van der Waals surface area contributed by atoms with Crippen molar-refractivity contribution in [2.75, 3.05) is 13.2 Å². The van der Waals surface area contributed by atoms with Crippen LogP contribution in [-0.4, -0.2) is 57.9 Å². The maximum Gasteiger partial charge on any atom is 0.111 e. The Bertz CT molecular complexity index is 438. The molecule has 0 radical (unpaired) electrons. The van der Waals surface area contributed by atoms with E-state index in [0.29, 0.717) is 12.1 Å². The van der Waals surface area contributed by atoms with Gasteiger partial charge in [-0.3, -0.25) is 0 Å². The predicted octanol–water partition coefficient (Wildman–Crippen LogP) is 0.652. The summed E-state index contributed by atoms with van der Waals surface area (Å²) in [5.41, 5.74) is 2.90. The Balaban J connectivity index is 2.52. The molecule has 126 valence electrons. The van der Waals surface area contributed by atoms with Gasteiger partial charge in [0, 0.05) is 6.54 Å². The van der Waals surface area contributed by atoms with E-state index >= 15 is 0 Å². The minimum absolute atomic E-state index is 0.333. The molecule has 0 aromatic heterocycles. The Morgan fingerprint density at radius 2 is 1.82 bits per heavy atom. The number of hydrogen-bond acceptors (Lipinski definition) is 5. The Hall–Kier alpha value is -0.980. The van der Waals surface area contributed by atoms with Crippen molar-refractivity contribution < 1.29 is 20.4 Å². The fourth-order valence-electron chi connectivity index (χ4n) is 2.43. The minimum atomic E-state index is -1.28. The van der Waals surface area contributed by atoms with Crippen molar-refractivity contribution in [2.45, 2.75) is 58.0 Å². The van der Waals surface area contributed by atoms with Crippen LogP contribution in [0.15, 0.2) is 34.9 Å². The van der Waals surface area contributed by atoms with Crippen LogP contribution in [0.2, 0.25) is 0 Å². The lowest BCUT2D eigenvalue weighted by molar-refractivity contribution is -0.0637. The predicted molar refractivity (Wildman–Crippen MR) is 87.4 cm³/mol. The molecule has 1 aliphatic rings. The van der Waals surface area contributed by atoms with Gasteiger partial charge in [0.25, 0.3) is 0 Å². The average Bonchev–Trinajstić information content (AvgIpc) is 2.47. The number of nitrogens with one attached hydrogen (secondary N) is 1. The Morgan fingerprint density at radius 3 is 2.41 bits per heavy atom. The minimum Gasteiger partial charge on any atom is -0.392 e. The number of aliphatic hydroxyl groups is 4. The summed E-state index contributed by atoms with van der Waals surface area (Å²) in [4.78, 5) is 0. The zero-order valence-corrected chi connectivity index (χ0v) is 13.7. The first kappa shape index (κ1) is 19.1. The van der Waals surface area contributed by atoms with Crippen LogP contribution >= 0.6 is 0 Å². The molecule has 1 aliphatic carbocycles. The first-order chi connectivity index (χ1) is 10.4. The Labute approximate surface area is 132 Å². The second-order valence-corrected chi connectivity index (χ2v) is 6.13. The normalized spacial score (nSPS) is 29.2. The highest BCUT2D eigenvalue weighted by Gasteiger charge is 2.36. The molecule has 0 aromatic carbocycles. The van der Waals surface area contributed by atoms with E-state index in [0.717, 1.165) is 12.8 Å². The van der Waals surface area contributed by atoms with Crippen molar-refractivity contribution >= 4 is 0 Å². The molecule has 5 nitrogen and oxygen atoms in total. The lowest BCUT2D eigenvalue weighted by Gasteiger charge is -2.34. The van der Waals surface area contributed by atoms with Crippen LogP contribution in [0.1, 0.15) is 33.6 Å². The van der Waals surface area contributed by atoms with E-state index in [1.54, 1.807) is 6.08 Å². The van der Waals surface area contributed by atoms with Gasteiger partial charge in [0.2, 0.25) is 0 Å². The molecule has 0 saturated carbocycles. The van der Waals surface area contributed by atoms with Crippen LogP contribution in [0, 0.1) is 0 Å². The second-order valence-electron chi connectivity index (χ2n) is 6.13. The number of allylic oxidation sites excluding steroid dienone is 3. The van der Waals surface area contributed by atoms with Gasteiger partial charge >= 0.3 is 0 Å². The number of rotatable bonds is 7. The summed E-state index contributed by atoms with van der Waals surface area (Å²) in [7, 11) is 0. The summed E-state index contributed by atoms with van der Waals surface area (Å²) in [6.45, 7) is 6.44. The summed E-state index contributed by atoms with van der Waals surface area (Å²) in [5, 5.41) is 41.7. The first-order valence-electron chi connectivity index (χ1n) is 7.74. The smallest absolute Gasteiger partial charge is 0.111 e. The van der Waals surface area contributed by atoms with Gasteiger partial charge in [-0.2, -0.15) is 0 Å². The maximum atomic E-state index is 9.96. The number of hydrogen-bond donors (Lipinski definition) is 5. The van der Waals surface area contributed by atoms with Gasteiger partial charge in [0.1, 0.15) is 18.3 Å². The zero-order valence-electron chi connectivity index (χ0n) is 13.7. The van der Waals surface area contributed by atoms with Gasteiger partial charge in [-0.1, -0.05) is 29.4 Å². The average molecular weight is 311 g/mol. The van der Waals surface area contributed by atoms with Crippen molar-refractivity contribution in [3.05, 3.63) is 34.9 Å². The maximum absolute atomic E-state index is 9.96. The molecule has 5 N–H and O–H groups in total. The van der Waals surface area contributed by atoms with Crippen LogP contribution in [0.3, 0.4) is 0 Å². The van der Waals surface area contributed by atoms with Gasteiger partial charge in [-0.05, 0) is 39.2 Å². The lowest BCUT2D eigenvalue weighted by atomic mass is 9.88. The number of aliphatic hydroxyl groups excluding tert-OH is 4. The van der Waals surface area contributed by atoms with E-state index in [2.05, 4.69) is 38.2 Å². The van der Waals surface area contributed by atoms with E-state index in [1.807, 2.05) is 0 Å². The van der Waals surface area contributed by atoms with E-state index in [-0.39, 0.29) is 6.61 Å². The van der Waals surface area contributed by atoms with E-state index < -0.39 is 24.4 Å². The fourth-order valence-corrected chi connectivity index (χ4v) is 2.43. The van der Waals surface area contributed by atoms with Crippen molar-refractivity contribution in [1.82, 2.24) is 5.32 Å². The topological polar surface area (TPSA) is 93.0 Å². The van der Waals surface area contributed by atoms with Gasteiger partial charge in [-0.25, -0.2) is 0 Å². The fraction of sp³-hybridized carbons (Fsp3) is 0.647. The molecule has 5 heteroatoms. The molecule has 0 fully saturated rings. The van der Waals surface area contributed by atoms with Gasteiger partial charge < -0.3 is 25.7 Å². The van der Waals surface area contributed by atoms with Gasteiger partial charge in [-0.15, -0.1) is 0 Å². The molecular formula is C17H29NO4. The van der Waals surface area contributed by atoms with Gasteiger partial charge in [0.15, 0.2) is 0 Å². The van der Waals surface area contributed by atoms with Crippen LogP contribution in [0.4, 0.5) is 0 Å². The molecule has 4 atom stereocenters. The van der Waals surface area contributed by atoms with Gasteiger partial charge in [0.05, 0.1) is 12.6 Å². The molecule has 0 heterocycles. The van der Waals surface area contributed by atoms with E-state index in [4.69, 9.17) is 0 Å². The zero-order chi connectivity index (χ0) is 16.7. The summed E-state index contributed by atoms with van der Waals surface area (Å²) in [6, 6.07) is -0.484. The van der Waals surface area contributed by atoms with Crippen molar-refractivity contribution in [3.63, 3.8) is 0 Å². The lowest BCUT2D eigenvalue weighted by Crippen LogP contribution is -2.54. The first-order valence-corrected chi connectivity index (χ1v) is 7.74. The summed E-state index contributed by atoms with van der Waals surface area (Å²) < 4.78 is 0. The molecule has 1 unspecified atom stereocenters. The van der Waals surface area contributed by atoms with Crippen molar-refractivity contribution in [2.24, 2.45) is 0 Å². The standard InChI is InChI=1S/C17H29NO4/c1-11(2)5-4-6-12(3)7-8-18-14-9-13(10-19)15(20)17(22)16(14)21/h5,7,9,14-22H,4,6,8,10H2,1-3H3/t14-,15+,16-,17?/m0/s1. The third kappa shape index (κ3) is 5.66. The molecule has 22 heavy (non-hydrogen) atoms. The third-order valence-electron chi connectivity index (χ3n) is 3.89. The van der Waals surface area contributed by atoms with E-state index in [1.165, 1.54) is 11.1 Å². The SMILES string of the molecule is CC(C)=CCCC(C)=CCN[C@H]1C=C(CO)[C@@H](O)C(O)[C@H]1O. The summed E-state index contributed by atoms with van der Waals surface area (Å²) >= 11 is 0. The highest BCUT2D eigenvalue weighted by Crippen LogP contribution is 2.20. The molecule has 1 rings (SSSR count). The molecule has 0 saturated heterocycles. The van der Waals surface area contributed by atoms with Crippen molar-refractivity contribution in [3.8, 4) is 0 Å². The van der Waals surface area contributed by atoms with Crippen LogP contribution in [0.25, 0.3) is 0 Å². The highest BCUT2D eigenvalue weighted by molar-refractivity contribution is 5.22. The van der Waals surface area contributed by atoms with Crippen LogP contribution in [0.5, 0.6) is 0 Å². The molecule has 0 amide bonds. The third-order valence-corrected chi connectivity index (χ3v) is 3.89. The van der Waals surface area contributed by atoms with Crippen LogP contribution in [-0.2, 0) is 0 Å². The van der Waals surface area contributed by atoms with E-state index in [9.17, 15) is 20.4 Å². The quantitative estimate of drug-likeness (QED) is 0.445. The molecular weight excluding hydrogens is 282 g/mol. The molecule has 0 aromatic rings. The largest absolute Gasteiger partial charge is 0.392 e. The summed E-state index contributed by atoms with van der Waals surface area (Å²) in [5.74, 6) is 0. The summed E-state index contributed by atoms with van der Waals surface area (Å²) in [6.07, 6.45) is 4.25. The highest BCUT2D eigenvalue weighted by atomic mass is 16.4. The molecule has 0 bridgehead atoms.